The molecule has 0 N–H and O–H groups in total. The van der Waals surface area contributed by atoms with E-state index >= 15 is 0 Å². The van der Waals surface area contributed by atoms with Crippen molar-refractivity contribution >= 4 is 12.0 Å². The van der Waals surface area contributed by atoms with E-state index in [1.54, 1.807) is 4.90 Å². The summed E-state index contributed by atoms with van der Waals surface area (Å²) >= 11 is 0. The van der Waals surface area contributed by atoms with E-state index in [4.69, 9.17) is 4.74 Å². The Morgan fingerprint density at radius 1 is 1.12 bits per heavy atom. The molecule has 1 amide bonds. The van der Waals surface area contributed by atoms with Gasteiger partial charge in [0, 0.05) is 30.8 Å². The number of hydrogen-bond acceptors (Lipinski definition) is 4. The van der Waals surface area contributed by atoms with Crippen LogP contribution in [0, 0.1) is 0 Å². The summed E-state index contributed by atoms with van der Waals surface area (Å²) in [7, 11) is 0. The minimum Gasteiger partial charge on any atom is -0.435 e. The molecule has 1 heterocycles. The molecule has 0 radical (unpaired) electrons. The molecule has 1 aromatic carbocycles. The van der Waals surface area contributed by atoms with E-state index in [-0.39, 0.29) is 23.0 Å². The molecule has 0 saturated carbocycles. The molecule has 1 aromatic rings. The molecule has 132 valence electrons. The van der Waals surface area contributed by atoms with Crippen LogP contribution in [0.1, 0.15) is 5.56 Å². The Balaban J connectivity index is 2.14. The van der Waals surface area contributed by atoms with Gasteiger partial charge in [0.2, 0.25) is 5.91 Å². The van der Waals surface area contributed by atoms with E-state index in [0.717, 1.165) is 6.07 Å². The second kappa shape index (κ2) is 8.53. The highest BCUT2D eigenvalue weighted by atomic mass is 19.3. The Kier molecular flexibility index (Phi) is 6.42. The number of rotatable bonds is 6. The second-order valence-corrected chi connectivity index (χ2v) is 4.73. The first-order valence-corrected chi connectivity index (χ1v) is 7.04. The Bertz CT molecular complexity index is 589. The lowest BCUT2D eigenvalue weighted by Crippen LogP contribution is -2.39. The number of benzene rings is 1. The maximum absolute atomic E-state index is 12.5. The van der Waals surface area contributed by atoms with Crippen molar-refractivity contribution in [1.29, 1.82) is 0 Å². The van der Waals surface area contributed by atoms with Crippen LogP contribution in [0.4, 0.5) is 17.6 Å². The molecule has 1 fully saturated rings. The molecule has 5 nitrogen and oxygen atoms in total. The van der Waals surface area contributed by atoms with Gasteiger partial charge in [-0.05, 0) is 18.2 Å². The van der Waals surface area contributed by atoms with Crippen LogP contribution < -0.4 is 9.47 Å². The summed E-state index contributed by atoms with van der Waals surface area (Å²) in [6, 6.07) is 3.33. The number of alkyl halides is 4. The van der Waals surface area contributed by atoms with Crippen molar-refractivity contribution in [2.24, 2.45) is 0 Å². The molecular weight excluding hydrogens is 334 g/mol. The molecule has 0 aliphatic carbocycles. The number of ether oxygens (including phenoxy) is 3. The van der Waals surface area contributed by atoms with Gasteiger partial charge < -0.3 is 19.1 Å². The molecule has 0 spiro atoms. The van der Waals surface area contributed by atoms with Crippen LogP contribution in [0.5, 0.6) is 11.5 Å². The normalized spacial score (nSPS) is 15.3. The molecular formula is C15H15F4NO4. The summed E-state index contributed by atoms with van der Waals surface area (Å²) in [5.41, 5.74) is 0.138. The van der Waals surface area contributed by atoms with E-state index in [1.807, 2.05) is 0 Å². The largest absolute Gasteiger partial charge is 0.435 e. The Labute approximate surface area is 135 Å². The maximum Gasteiger partial charge on any atom is 0.387 e. The van der Waals surface area contributed by atoms with Gasteiger partial charge in [0.25, 0.3) is 0 Å². The summed E-state index contributed by atoms with van der Waals surface area (Å²) < 4.78 is 62.9. The first-order valence-electron chi connectivity index (χ1n) is 7.04. The molecule has 9 heteroatoms. The van der Waals surface area contributed by atoms with Crippen LogP contribution in [-0.4, -0.2) is 50.3 Å². The standard InChI is InChI=1S/C15H15F4NO4/c16-14(17)23-11-3-1-10(12(9-11)24-15(18)19)2-4-13(21)20-5-7-22-8-6-20/h1-4,9,14-15H,5-8H2. The molecule has 0 aromatic heterocycles. The van der Waals surface area contributed by atoms with Crippen LogP contribution >= 0.6 is 0 Å². The highest BCUT2D eigenvalue weighted by Gasteiger charge is 2.15. The zero-order valence-corrected chi connectivity index (χ0v) is 12.5. The summed E-state index contributed by atoms with van der Waals surface area (Å²) in [5, 5.41) is 0. The monoisotopic (exact) mass is 349 g/mol. The second-order valence-electron chi connectivity index (χ2n) is 4.73. The van der Waals surface area contributed by atoms with E-state index in [0.29, 0.717) is 26.3 Å². The summed E-state index contributed by atoms with van der Waals surface area (Å²) in [5.74, 6) is -0.999. The van der Waals surface area contributed by atoms with Crippen LogP contribution in [0.3, 0.4) is 0 Å². The third-order valence-corrected chi connectivity index (χ3v) is 3.15. The van der Waals surface area contributed by atoms with Crippen molar-refractivity contribution < 1.29 is 36.6 Å². The van der Waals surface area contributed by atoms with Crippen molar-refractivity contribution in [2.45, 2.75) is 13.2 Å². The Hall–Kier alpha value is -2.29. The number of morpholine rings is 1. The van der Waals surface area contributed by atoms with Crippen molar-refractivity contribution in [3.05, 3.63) is 29.8 Å². The fourth-order valence-corrected chi connectivity index (χ4v) is 2.08. The predicted molar refractivity (Wildman–Crippen MR) is 76.1 cm³/mol. The van der Waals surface area contributed by atoms with Gasteiger partial charge in [0.05, 0.1) is 13.2 Å². The van der Waals surface area contributed by atoms with Crippen LogP contribution in [0.2, 0.25) is 0 Å². The third kappa shape index (κ3) is 5.41. The predicted octanol–water partition coefficient (Wildman–Crippen LogP) is 2.76. The minimum absolute atomic E-state index is 0.138. The van der Waals surface area contributed by atoms with Gasteiger partial charge in [-0.2, -0.15) is 17.6 Å². The lowest BCUT2D eigenvalue weighted by atomic mass is 10.1. The smallest absolute Gasteiger partial charge is 0.387 e. The fourth-order valence-electron chi connectivity index (χ4n) is 2.08. The molecule has 1 aliphatic rings. The summed E-state index contributed by atoms with van der Waals surface area (Å²) in [4.78, 5) is 13.5. The molecule has 2 rings (SSSR count). The Morgan fingerprint density at radius 3 is 2.42 bits per heavy atom. The highest BCUT2D eigenvalue weighted by molar-refractivity contribution is 5.92. The number of nitrogens with zero attached hydrogens (tertiary/aromatic N) is 1. The van der Waals surface area contributed by atoms with Gasteiger partial charge in [-0.1, -0.05) is 0 Å². The fraction of sp³-hybridized carbons (Fsp3) is 0.400. The van der Waals surface area contributed by atoms with Crippen molar-refractivity contribution in [3.8, 4) is 11.5 Å². The van der Waals surface area contributed by atoms with E-state index in [1.165, 1.54) is 24.3 Å². The summed E-state index contributed by atoms with van der Waals surface area (Å²) in [6.07, 6.45) is 2.48. The Morgan fingerprint density at radius 2 is 1.79 bits per heavy atom. The van der Waals surface area contributed by atoms with Crippen molar-refractivity contribution in [1.82, 2.24) is 4.90 Å². The van der Waals surface area contributed by atoms with Gasteiger partial charge in [0.1, 0.15) is 11.5 Å². The van der Waals surface area contributed by atoms with Gasteiger partial charge in [-0.25, -0.2) is 0 Å². The molecule has 0 bridgehead atoms. The van der Waals surface area contributed by atoms with E-state index in [9.17, 15) is 22.4 Å². The van der Waals surface area contributed by atoms with Gasteiger partial charge >= 0.3 is 13.2 Å². The molecule has 0 unspecified atom stereocenters. The molecule has 24 heavy (non-hydrogen) atoms. The van der Waals surface area contributed by atoms with Crippen molar-refractivity contribution in [3.63, 3.8) is 0 Å². The number of hydrogen-bond donors (Lipinski definition) is 0. The number of amides is 1. The third-order valence-electron chi connectivity index (χ3n) is 3.15. The van der Waals surface area contributed by atoms with E-state index in [2.05, 4.69) is 9.47 Å². The lowest BCUT2D eigenvalue weighted by molar-refractivity contribution is -0.129. The maximum atomic E-state index is 12.5. The highest BCUT2D eigenvalue weighted by Crippen LogP contribution is 2.28. The molecule has 1 saturated heterocycles. The van der Waals surface area contributed by atoms with E-state index < -0.39 is 13.2 Å². The zero-order chi connectivity index (χ0) is 17.5. The zero-order valence-electron chi connectivity index (χ0n) is 12.5. The van der Waals surface area contributed by atoms with Gasteiger partial charge in [-0.3, -0.25) is 4.79 Å². The van der Waals surface area contributed by atoms with Gasteiger partial charge in [-0.15, -0.1) is 0 Å². The average Bonchev–Trinajstić information content (AvgIpc) is 2.53. The number of carbonyl (C=O) groups is 1. The lowest BCUT2D eigenvalue weighted by Gasteiger charge is -2.25. The average molecular weight is 349 g/mol. The van der Waals surface area contributed by atoms with Crippen LogP contribution in [0.25, 0.3) is 6.08 Å². The molecule has 0 atom stereocenters. The SMILES string of the molecule is O=C(C=Cc1ccc(OC(F)F)cc1OC(F)F)N1CCOCC1. The number of carbonyl (C=O) groups excluding carboxylic acids is 1. The van der Waals surface area contributed by atoms with Gasteiger partial charge in [0.15, 0.2) is 0 Å². The summed E-state index contributed by atoms with van der Waals surface area (Å²) in [6.45, 7) is -4.50. The number of halogens is 4. The van der Waals surface area contributed by atoms with Crippen LogP contribution in [0.15, 0.2) is 24.3 Å². The minimum atomic E-state index is -3.14. The quantitative estimate of drug-likeness (QED) is 0.585. The topological polar surface area (TPSA) is 48.0 Å². The van der Waals surface area contributed by atoms with Crippen LogP contribution in [-0.2, 0) is 9.53 Å². The van der Waals surface area contributed by atoms with Crippen molar-refractivity contribution in [2.75, 3.05) is 26.3 Å². The molecule has 1 aliphatic heterocycles. The first kappa shape index (κ1) is 18.1. The first-order chi connectivity index (χ1) is 11.5.